The minimum atomic E-state index is -0.190. The lowest BCUT2D eigenvalue weighted by Gasteiger charge is -2.18. The largest absolute Gasteiger partial charge is 0.309 e. The number of hydrogen-bond acceptors (Lipinski definition) is 3. The Morgan fingerprint density at radius 2 is 1.00 bits per heavy atom. The van der Waals surface area contributed by atoms with Gasteiger partial charge in [-0.2, -0.15) is 0 Å². The lowest BCUT2D eigenvalue weighted by atomic mass is 9.95. The molecule has 0 radical (unpaired) electrons. The zero-order chi connectivity index (χ0) is 24.0. The highest BCUT2D eigenvalue weighted by molar-refractivity contribution is 6.09. The van der Waals surface area contributed by atoms with E-state index in [2.05, 4.69) is 98.1 Å². The Morgan fingerprint density at radius 1 is 0.514 bits per heavy atom. The van der Waals surface area contributed by atoms with Crippen LogP contribution >= 0.6 is 0 Å². The molecule has 0 amide bonds. The van der Waals surface area contributed by atoms with Crippen LogP contribution < -0.4 is 0 Å². The Hall–Kier alpha value is -4.31. The molecule has 0 saturated carbocycles. The second-order valence-corrected chi connectivity index (χ2v) is 9.84. The van der Waals surface area contributed by atoms with Gasteiger partial charge in [0.15, 0.2) is 11.6 Å². The third-order valence-electron chi connectivity index (χ3n) is 6.30. The van der Waals surface area contributed by atoms with E-state index in [0.29, 0.717) is 11.6 Å². The molecule has 0 atom stereocenters. The number of nitrogens with zero attached hydrogens (tertiary/aromatic N) is 4. The Morgan fingerprint density at radius 3 is 1.54 bits per heavy atom. The summed E-state index contributed by atoms with van der Waals surface area (Å²) in [5, 5.41) is 2.51. The van der Waals surface area contributed by atoms with E-state index in [0.717, 1.165) is 22.6 Å². The topological polar surface area (TPSA) is 43.6 Å². The maximum atomic E-state index is 4.86. The van der Waals surface area contributed by atoms with Crippen LogP contribution in [0.3, 0.4) is 0 Å². The van der Waals surface area contributed by atoms with Crippen LogP contribution in [0.15, 0.2) is 103 Å². The summed E-state index contributed by atoms with van der Waals surface area (Å²) in [6, 6.07) is 35.7. The van der Waals surface area contributed by atoms with E-state index in [1.807, 2.05) is 30.3 Å². The third-order valence-corrected chi connectivity index (χ3v) is 6.30. The van der Waals surface area contributed by atoms with Gasteiger partial charge in [-0.05, 0) is 36.4 Å². The summed E-state index contributed by atoms with van der Waals surface area (Å²) in [6.07, 6.45) is 0. The molecule has 0 N–H and O–H groups in total. The van der Waals surface area contributed by atoms with Gasteiger partial charge in [0.2, 0.25) is 0 Å². The molecule has 6 aromatic rings. The second kappa shape index (κ2) is 8.17. The maximum Gasteiger partial charge on any atom is 0.163 e. The van der Waals surface area contributed by atoms with Crippen LogP contribution in [-0.4, -0.2) is 19.5 Å². The molecule has 4 heteroatoms. The summed E-state index contributed by atoms with van der Waals surface area (Å²) in [7, 11) is 0. The van der Waals surface area contributed by atoms with Gasteiger partial charge in [-0.15, -0.1) is 0 Å². The third kappa shape index (κ3) is 3.77. The van der Waals surface area contributed by atoms with Crippen molar-refractivity contribution in [2.24, 2.45) is 0 Å². The minimum absolute atomic E-state index is 0.190. The fraction of sp³-hybridized carbons (Fsp3) is 0.129. The quantitative estimate of drug-likeness (QED) is 0.276. The smallest absolute Gasteiger partial charge is 0.163 e. The summed E-state index contributed by atoms with van der Waals surface area (Å²) in [5.41, 5.74) is 5.28. The predicted molar refractivity (Wildman–Crippen MR) is 144 cm³/mol. The van der Waals surface area contributed by atoms with Crippen LogP contribution in [-0.2, 0) is 5.41 Å². The molecule has 0 fully saturated rings. The van der Waals surface area contributed by atoms with Gasteiger partial charge in [0.25, 0.3) is 0 Å². The molecule has 35 heavy (non-hydrogen) atoms. The van der Waals surface area contributed by atoms with Crippen molar-refractivity contribution in [1.29, 1.82) is 0 Å². The molecule has 0 aliphatic carbocycles. The number of aromatic nitrogens is 4. The van der Waals surface area contributed by atoms with Gasteiger partial charge in [0, 0.05) is 33.0 Å². The number of benzene rings is 4. The first kappa shape index (κ1) is 21.2. The molecular weight excluding hydrogens is 428 g/mol. The number of fused-ring (bicyclic) bond motifs is 3. The second-order valence-electron chi connectivity index (χ2n) is 9.84. The predicted octanol–water partition coefficient (Wildman–Crippen LogP) is 7.60. The summed E-state index contributed by atoms with van der Waals surface area (Å²) >= 11 is 0. The van der Waals surface area contributed by atoms with Crippen molar-refractivity contribution in [2.75, 3.05) is 0 Å². The van der Waals surface area contributed by atoms with Gasteiger partial charge in [0.1, 0.15) is 5.82 Å². The SMILES string of the molecule is CC(C)(C)c1nc(-c2ccccc2)nc(-c2ccc(-n3c4ccccc4c4ccccc43)cc2)n1. The van der Waals surface area contributed by atoms with E-state index >= 15 is 0 Å². The van der Waals surface area contributed by atoms with Crippen LogP contribution in [0, 0.1) is 0 Å². The van der Waals surface area contributed by atoms with Crippen molar-refractivity contribution < 1.29 is 0 Å². The van der Waals surface area contributed by atoms with E-state index in [4.69, 9.17) is 15.0 Å². The molecule has 4 nitrogen and oxygen atoms in total. The van der Waals surface area contributed by atoms with Gasteiger partial charge >= 0.3 is 0 Å². The van der Waals surface area contributed by atoms with E-state index in [9.17, 15) is 0 Å². The van der Waals surface area contributed by atoms with E-state index in [-0.39, 0.29) is 5.41 Å². The molecule has 0 saturated heterocycles. The monoisotopic (exact) mass is 454 g/mol. The first-order chi connectivity index (χ1) is 17.0. The Balaban J connectivity index is 1.48. The van der Waals surface area contributed by atoms with Crippen molar-refractivity contribution in [3.8, 4) is 28.5 Å². The highest BCUT2D eigenvalue weighted by Gasteiger charge is 2.21. The van der Waals surface area contributed by atoms with Gasteiger partial charge < -0.3 is 4.57 Å². The van der Waals surface area contributed by atoms with Crippen LogP contribution in [0.2, 0.25) is 0 Å². The zero-order valence-corrected chi connectivity index (χ0v) is 20.1. The van der Waals surface area contributed by atoms with Crippen molar-refractivity contribution in [3.63, 3.8) is 0 Å². The summed E-state index contributed by atoms with van der Waals surface area (Å²) in [5.74, 6) is 2.18. The molecule has 0 aliphatic rings. The normalized spacial score (nSPS) is 11.9. The molecule has 0 unspecified atom stereocenters. The summed E-state index contributed by atoms with van der Waals surface area (Å²) in [4.78, 5) is 14.5. The molecule has 0 aliphatic heterocycles. The number of rotatable bonds is 3. The van der Waals surface area contributed by atoms with Gasteiger partial charge in [-0.1, -0.05) is 87.5 Å². The molecule has 2 heterocycles. The molecule has 0 spiro atoms. The average Bonchev–Trinajstić information content (AvgIpc) is 3.23. The molecule has 2 aromatic heterocycles. The standard InChI is InChI=1S/C31H26N4/c1-31(2,3)30-33-28(21-11-5-4-6-12-21)32-29(34-30)22-17-19-23(20-18-22)35-26-15-9-7-13-24(26)25-14-8-10-16-27(25)35/h4-20H,1-3H3. The maximum absolute atomic E-state index is 4.86. The van der Waals surface area contributed by atoms with E-state index in [1.54, 1.807) is 0 Å². The lowest BCUT2D eigenvalue weighted by Crippen LogP contribution is -2.18. The van der Waals surface area contributed by atoms with Crippen molar-refractivity contribution in [1.82, 2.24) is 19.5 Å². The van der Waals surface area contributed by atoms with Gasteiger partial charge in [-0.3, -0.25) is 0 Å². The molecular formula is C31H26N4. The van der Waals surface area contributed by atoms with Crippen molar-refractivity contribution >= 4 is 21.8 Å². The molecule has 6 rings (SSSR count). The molecule has 4 aromatic carbocycles. The highest BCUT2D eigenvalue weighted by Crippen LogP contribution is 2.32. The minimum Gasteiger partial charge on any atom is -0.309 e. The first-order valence-electron chi connectivity index (χ1n) is 11.9. The van der Waals surface area contributed by atoms with Crippen LogP contribution in [0.4, 0.5) is 0 Å². The zero-order valence-electron chi connectivity index (χ0n) is 20.1. The molecule has 170 valence electrons. The van der Waals surface area contributed by atoms with Crippen molar-refractivity contribution in [2.45, 2.75) is 26.2 Å². The summed E-state index contributed by atoms with van der Waals surface area (Å²) in [6.45, 7) is 6.39. The Kier molecular flexibility index (Phi) is 4.96. The van der Waals surface area contributed by atoms with Gasteiger partial charge in [0.05, 0.1) is 11.0 Å². The fourth-order valence-electron chi connectivity index (χ4n) is 4.52. The van der Waals surface area contributed by atoms with Crippen molar-refractivity contribution in [3.05, 3.63) is 109 Å². The van der Waals surface area contributed by atoms with Gasteiger partial charge in [-0.25, -0.2) is 15.0 Å². The Labute approximate surface area is 205 Å². The lowest BCUT2D eigenvalue weighted by molar-refractivity contribution is 0.543. The van der Waals surface area contributed by atoms with Crippen LogP contribution in [0.5, 0.6) is 0 Å². The molecule has 0 bridgehead atoms. The number of para-hydroxylation sites is 2. The first-order valence-corrected chi connectivity index (χ1v) is 11.9. The van der Waals surface area contributed by atoms with E-state index < -0.39 is 0 Å². The average molecular weight is 455 g/mol. The van der Waals surface area contributed by atoms with E-state index in [1.165, 1.54) is 21.8 Å². The fourth-order valence-corrected chi connectivity index (χ4v) is 4.52. The van der Waals surface area contributed by atoms with Crippen LogP contribution in [0.25, 0.3) is 50.3 Å². The van der Waals surface area contributed by atoms with Crippen LogP contribution in [0.1, 0.15) is 26.6 Å². The summed E-state index contributed by atoms with van der Waals surface area (Å²) < 4.78 is 2.32. The number of hydrogen-bond donors (Lipinski definition) is 0. The Bertz CT molecular complexity index is 1600. The highest BCUT2D eigenvalue weighted by atomic mass is 15.0.